The van der Waals surface area contributed by atoms with E-state index in [1.54, 1.807) is 12.1 Å². The van der Waals surface area contributed by atoms with Gasteiger partial charge in [0.15, 0.2) is 17.4 Å². The van der Waals surface area contributed by atoms with E-state index in [2.05, 4.69) is 6.92 Å². The van der Waals surface area contributed by atoms with Crippen molar-refractivity contribution in [2.45, 2.75) is 90.1 Å². The quantitative estimate of drug-likeness (QED) is 0.235. The van der Waals surface area contributed by atoms with Crippen LogP contribution in [0.15, 0.2) is 60.7 Å². The van der Waals surface area contributed by atoms with Crippen LogP contribution in [0.4, 0.5) is 13.2 Å². The standard InChI is InChI=1S/C35H41F3O/c1-2-3-4-6-9-24-12-13-27-19-28(15-14-26(27)18-24)29-16-17-31(32(36)20-29)30-21-33(37)35(34(38)22-30)39-23-25-10-7-5-8-11-25/h5,7-8,10-11,16-17,20-22,24,26-28H,2-4,6,9,12-15,18-19,23H2,1H3. The summed E-state index contributed by atoms with van der Waals surface area (Å²) < 4.78 is 50.3. The van der Waals surface area contributed by atoms with Crippen molar-refractivity contribution in [3.8, 4) is 16.9 Å². The molecule has 0 bridgehead atoms. The summed E-state index contributed by atoms with van der Waals surface area (Å²) in [5, 5.41) is 0. The third kappa shape index (κ3) is 6.88. The summed E-state index contributed by atoms with van der Waals surface area (Å²) in [7, 11) is 0. The molecule has 208 valence electrons. The molecule has 3 aromatic carbocycles. The second-order valence-electron chi connectivity index (χ2n) is 11.8. The van der Waals surface area contributed by atoms with E-state index in [4.69, 9.17) is 4.74 Å². The van der Waals surface area contributed by atoms with Gasteiger partial charge in [-0.15, -0.1) is 0 Å². The molecule has 2 saturated carbocycles. The first-order chi connectivity index (χ1) is 19.0. The van der Waals surface area contributed by atoms with Crippen molar-refractivity contribution in [3.05, 3.63) is 89.2 Å². The number of ether oxygens (including phenoxy) is 1. The summed E-state index contributed by atoms with van der Waals surface area (Å²) in [6.45, 7) is 2.32. The Morgan fingerprint density at radius 3 is 2.23 bits per heavy atom. The average molecular weight is 535 g/mol. The predicted octanol–water partition coefficient (Wildman–Crippen LogP) is 10.6. The number of hydrogen-bond donors (Lipinski definition) is 0. The monoisotopic (exact) mass is 534 g/mol. The number of halogens is 3. The van der Waals surface area contributed by atoms with Gasteiger partial charge in [0.05, 0.1) is 0 Å². The molecule has 0 spiro atoms. The lowest BCUT2D eigenvalue weighted by Gasteiger charge is -2.42. The summed E-state index contributed by atoms with van der Waals surface area (Å²) in [5.41, 5.74) is 2.22. The van der Waals surface area contributed by atoms with E-state index in [1.807, 2.05) is 36.4 Å². The minimum atomic E-state index is -0.830. The van der Waals surface area contributed by atoms with Crippen molar-refractivity contribution >= 4 is 0 Å². The van der Waals surface area contributed by atoms with E-state index >= 15 is 4.39 Å². The van der Waals surface area contributed by atoms with E-state index in [1.165, 1.54) is 57.8 Å². The van der Waals surface area contributed by atoms with Gasteiger partial charge in [0.25, 0.3) is 0 Å². The van der Waals surface area contributed by atoms with Crippen molar-refractivity contribution in [2.75, 3.05) is 0 Å². The van der Waals surface area contributed by atoms with Crippen LogP contribution in [0.3, 0.4) is 0 Å². The van der Waals surface area contributed by atoms with Crippen LogP contribution in [-0.2, 0) is 6.61 Å². The molecule has 5 rings (SSSR count). The van der Waals surface area contributed by atoms with Gasteiger partial charge in [0, 0.05) is 5.56 Å². The largest absolute Gasteiger partial charge is 0.483 e. The SMILES string of the molecule is CCCCCCC1CCC2CC(c3ccc(-c4cc(F)c(OCc5ccccc5)c(F)c4)c(F)c3)CCC2C1. The van der Waals surface area contributed by atoms with Crippen molar-refractivity contribution in [2.24, 2.45) is 17.8 Å². The molecule has 0 aliphatic heterocycles. The summed E-state index contributed by atoms with van der Waals surface area (Å²) in [5.74, 6) is 0.293. The third-order valence-electron chi connectivity index (χ3n) is 9.19. The van der Waals surface area contributed by atoms with Crippen LogP contribution in [-0.4, -0.2) is 0 Å². The normalized spacial score (nSPS) is 22.9. The van der Waals surface area contributed by atoms with Gasteiger partial charge in [-0.3, -0.25) is 0 Å². The van der Waals surface area contributed by atoms with E-state index in [9.17, 15) is 8.78 Å². The van der Waals surface area contributed by atoms with Crippen LogP contribution in [0.25, 0.3) is 11.1 Å². The highest BCUT2D eigenvalue weighted by Crippen LogP contribution is 2.48. The van der Waals surface area contributed by atoms with Crippen LogP contribution < -0.4 is 4.74 Å². The Morgan fingerprint density at radius 2 is 1.49 bits per heavy atom. The van der Waals surface area contributed by atoms with E-state index in [0.717, 1.165) is 53.9 Å². The molecule has 0 amide bonds. The first-order valence-electron chi connectivity index (χ1n) is 15.0. The minimum Gasteiger partial charge on any atom is -0.483 e. The summed E-state index contributed by atoms with van der Waals surface area (Å²) in [6.07, 6.45) is 14.3. The highest BCUT2D eigenvalue weighted by Gasteiger charge is 2.36. The smallest absolute Gasteiger partial charge is 0.191 e. The molecule has 2 aliphatic carbocycles. The molecular weight excluding hydrogens is 493 g/mol. The lowest BCUT2D eigenvalue weighted by Crippen LogP contribution is -2.30. The van der Waals surface area contributed by atoms with Gasteiger partial charge in [0.1, 0.15) is 12.4 Å². The molecule has 0 N–H and O–H groups in total. The predicted molar refractivity (Wildman–Crippen MR) is 152 cm³/mol. The van der Waals surface area contributed by atoms with Crippen molar-refractivity contribution in [1.82, 2.24) is 0 Å². The lowest BCUT2D eigenvalue weighted by molar-refractivity contribution is 0.113. The first-order valence-corrected chi connectivity index (χ1v) is 15.0. The number of benzene rings is 3. The van der Waals surface area contributed by atoms with Gasteiger partial charge in [-0.1, -0.05) is 87.9 Å². The zero-order valence-electron chi connectivity index (χ0n) is 23.1. The van der Waals surface area contributed by atoms with Gasteiger partial charge in [-0.2, -0.15) is 0 Å². The second kappa shape index (κ2) is 13.1. The van der Waals surface area contributed by atoms with E-state index in [0.29, 0.717) is 5.92 Å². The fourth-order valence-electron chi connectivity index (χ4n) is 7.01. The Kier molecular flexibility index (Phi) is 9.32. The number of unbranched alkanes of at least 4 members (excludes halogenated alkanes) is 3. The highest BCUT2D eigenvalue weighted by molar-refractivity contribution is 5.66. The Hall–Kier alpha value is -2.75. The van der Waals surface area contributed by atoms with Gasteiger partial charge in [0.2, 0.25) is 0 Å². The summed E-state index contributed by atoms with van der Waals surface area (Å²) >= 11 is 0. The minimum absolute atomic E-state index is 0.0555. The summed E-state index contributed by atoms with van der Waals surface area (Å²) in [6, 6.07) is 16.8. The Bertz CT molecular complexity index is 1200. The molecule has 4 heteroatoms. The lowest BCUT2D eigenvalue weighted by atomic mass is 9.63. The summed E-state index contributed by atoms with van der Waals surface area (Å²) in [4.78, 5) is 0. The molecular formula is C35H41F3O. The average Bonchev–Trinajstić information content (AvgIpc) is 2.95. The van der Waals surface area contributed by atoms with Crippen molar-refractivity contribution < 1.29 is 17.9 Å². The molecule has 1 nitrogen and oxygen atoms in total. The highest BCUT2D eigenvalue weighted by atomic mass is 19.1. The van der Waals surface area contributed by atoms with Crippen LogP contribution in [0.2, 0.25) is 0 Å². The number of hydrogen-bond acceptors (Lipinski definition) is 1. The van der Waals surface area contributed by atoms with Crippen LogP contribution in [0.1, 0.15) is 94.6 Å². The van der Waals surface area contributed by atoms with Gasteiger partial charge >= 0.3 is 0 Å². The third-order valence-corrected chi connectivity index (χ3v) is 9.19. The molecule has 3 aromatic rings. The van der Waals surface area contributed by atoms with Gasteiger partial charge in [-0.25, -0.2) is 13.2 Å². The van der Waals surface area contributed by atoms with Crippen molar-refractivity contribution in [3.63, 3.8) is 0 Å². The van der Waals surface area contributed by atoms with E-state index < -0.39 is 23.2 Å². The Balaban J connectivity index is 1.21. The maximum atomic E-state index is 15.3. The fourth-order valence-corrected chi connectivity index (χ4v) is 7.01. The Morgan fingerprint density at radius 1 is 0.744 bits per heavy atom. The molecule has 0 aromatic heterocycles. The molecule has 0 heterocycles. The van der Waals surface area contributed by atoms with Crippen LogP contribution >= 0.6 is 0 Å². The topological polar surface area (TPSA) is 9.23 Å². The molecule has 0 saturated heterocycles. The van der Waals surface area contributed by atoms with Gasteiger partial charge < -0.3 is 4.74 Å². The Labute approximate surface area is 231 Å². The van der Waals surface area contributed by atoms with Crippen LogP contribution in [0, 0.1) is 35.2 Å². The second-order valence-corrected chi connectivity index (χ2v) is 11.8. The number of rotatable bonds is 10. The molecule has 0 radical (unpaired) electrons. The van der Waals surface area contributed by atoms with Crippen LogP contribution in [0.5, 0.6) is 5.75 Å². The maximum absolute atomic E-state index is 15.3. The van der Waals surface area contributed by atoms with E-state index in [-0.39, 0.29) is 17.7 Å². The number of fused-ring (bicyclic) bond motifs is 1. The molecule has 2 aliphatic rings. The molecule has 39 heavy (non-hydrogen) atoms. The zero-order valence-corrected chi connectivity index (χ0v) is 23.1. The fraction of sp³-hybridized carbons (Fsp3) is 0.486. The maximum Gasteiger partial charge on any atom is 0.191 e. The van der Waals surface area contributed by atoms with Gasteiger partial charge in [-0.05, 0) is 90.7 Å². The van der Waals surface area contributed by atoms with Crippen molar-refractivity contribution in [1.29, 1.82) is 0 Å². The molecule has 2 fully saturated rings. The zero-order chi connectivity index (χ0) is 27.2. The molecule has 4 unspecified atom stereocenters. The first kappa shape index (κ1) is 27.8. The molecule has 4 atom stereocenters.